The molecule has 2 aromatic carbocycles. The number of hydrogen-bond acceptors (Lipinski definition) is 3. The number of rotatable bonds is 4. The fraction of sp³-hybridized carbons (Fsp3) is 0.0714. The molecule has 0 saturated heterocycles. The van der Waals surface area contributed by atoms with E-state index >= 15 is 0 Å². The number of anilines is 2. The molecule has 0 aliphatic heterocycles. The zero-order chi connectivity index (χ0) is 14.5. The number of carbonyl (C=O) groups is 1. The predicted molar refractivity (Wildman–Crippen MR) is 79.1 cm³/mol. The first-order valence-corrected chi connectivity index (χ1v) is 6.58. The van der Waals surface area contributed by atoms with Gasteiger partial charge in [0.05, 0.1) is 15.8 Å². The molecule has 0 radical (unpaired) electrons. The first kappa shape index (κ1) is 14.3. The minimum absolute atomic E-state index is 0.166. The normalized spacial score (nSPS) is 10.1. The Bertz CT molecular complexity index is 634. The summed E-state index contributed by atoms with van der Waals surface area (Å²) in [5.74, 6) is -0.265. The van der Waals surface area contributed by atoms with Crippen molar-refractivity contribution in [1.29, 1.82) is 0 Å². The van der Waals surface area contributed by atoms with Crippen molar-refractivity contribution in [2.24, 2.45) is 0 Å². The molecule has 0 aromatic heterocycles. The summed E-state index contributed by atoms with van der Waals surface area (Å²) in [6.45, 7) is -0.167. The summed E-state index contributed by atoms with van der Waals surface area (Å²) in [6, 6.07) is 11.0. The second-order valence-corrected chi connectivity index (χ2v) is 4.85. The zero-order valence-electron chi connectivity index (χ0n) is 10.4. The molecule has 2 rings (SSSR count). The maximum Gasteiger partial charge on any atom is 0.262 e. The Morgan fingerprint density at radius 3 is 2.75 bits per heavy atom. The minimum Gasteiger partial charge on any atom is -0.483 e. The third kappa shape index (κ3) is 3.71. The van der Waals surface area contributed by atoms with Crippen molar-refractivity contribution in [1.82, 2.24) is 0 Å². The second-order valence-electron chi connectivity index (χ2n) is 4.00. The van der Waals surface area contributed by atoms with Gasteiger partial charge in [-0.05, 0) is 46.3 Å². The fourth-order valence-electron chi connectivity index (χ4n) is 1.54. The van der Waals surface area contributed by atoms with Gasteiger partial charge in [0.25, 0.3) is 5.91 Å². The van der Waals surface area contributed by atoms with Crippen LogP contribution in [-0.2, 0) is 4.79 Å². The third-order valence-corrected chi connectivity index (χ3v) is 3.14. The Morgan fingerprint density at radius 2 is 2.05 bits per heavy atom. The van der Waals surface area contributed by atoms with E-state index in [-0.39, 0.29) is 18.2 Å². The van der Waals surface area contributed by atoms with Crippen molar-refractivity contribution in [2.75, 3.05) is 17.7 Å². The monoisotopic (exact) mass is 338 g/mol. The summed E-state index contributed by atoms with van der Waals surface area (Å²) in [6.07, 6.45) is 0. The van der Waals surface area contributed by atoms with Gasteiger partial charge in [0.1, 0.15) is 11.6 Å². The number of carbonyl (C=O) groups excluding carboxylic acids is 1. The molecular weight excluding hydrogens is 327 g/mol. The van der Waals surface area contributed by atoms with E-state index in [1.165, 1.54) is 12.1 Å². The standard InChI is InChI=1S/C14H12BrFN2O2/c15-10-3-1-2-4-13(10)20-8-14(19)18-12-6-5-9(16)7-11(12)17/h1-7H,8,17H2,(H,18,19). The predicted octanol–water partition coefficient (Wildman–Crippen LogP) is 3.19. The summed E-state index contributed by atoms with van der Waals surface area (Å²) < 4.78 is 19.0. The maximum absolute atomic E-state index is 12.9. The molecule has 3 N–H and O–H groups in total. The van der Waals surface area contributed by atoms with E-state index in [1.807, 2.05) is 12.1 Å². The molecule has 0 spiro atoms. The first-order chi connectivity index (χ1) is 9.56. The average Bonchev–Trinajstić information content (AvgIpc) is 2.41. The lowest BCUT2D eigenvalue weighted by Crippen LogP contribution is -2.20. The number of halogens is 2. The molecule has 0 bridgehead atoms. The number of nitrogens with two attached hydrogens (primary N) is 1. The Hall–Kier alpha value is -2.08. The van der Waals surface area contributed by atoms with Crippen molar-refractivity contribution in [2.45, 2.75) is 0 Å². The van der Waals surface area contributed by atoms with Crippen LogP contribution in [0.25, 0.3) is 0 Å². The molecule has 4 nitrogen and oxygen atoms in total. The lowest BCUT2D eigenvalue weighted by Gasteiger charge is -2.10. The van der Waals surface area contributed by atoms with Crippen molar-refractivity contribution in [3.05, 3.63) is 52.8 Å². The molecule has 0 atom stereocenters. The Balaban J connectivity index is 1.94. The molecule has 1 amide bonds. The molecule has 0 heterocycles. The van der Waals surface area contributed by atoms with E-state index in [9.17, 15) is 9.18 Å². The van der Waals surface area contributed by atoms with E-state index in [2.05, 4.69) is 21.2 Å². The fourth-order valence-corrected chi connectivity index (χ4v) is 1.94. The molecular formula is C14H12BrFN2O2. The number of amides is 1. The highest BCUT2D eigenvalue weighted by Gasteiger charge is 2.08. The SMILES string of the molecule is Nc1cc(F)ccc1NC(=O)COc1ccccc1Br. The topological polar surface area (TPSA) is 64.3 Å². The maximum atomic E-state index is 12.9. The van der Waals surface area contributed by atoms with E-state index in [0.717, 1.165) is 10.5 Å². The lowest BCUT2D eigenvalue weighted by atomic mass is 10.2. The Kier molecular flexibility index (Phi) is 4.57. The molecule has 0 aliphatic rings. The molecule has 6 heteroatoms. The third-order valence-electron chi connectivity index (χ3n) is 2.48. The summed E-state index contributed by atoms with van der Waals surface area (Å²) in [4.78, 5) is 11.7. The molecule has 0 unspecified atom stereocenters. The number of ether oxygens (including phenoxy) is 1. The zero-order valence-corrected chi connectivity index (χ0v) is 12.0. The van der Waals surface area contributed by atoms with E-state index in [4.69, 9.17) is 10.5 Å². The van der Waals surface area contributed by atoms with Gasteiger partial charge in [-0.25, -0.2) is 4.39 Å². The number of benzene rings is 2. The summed E-state index contributed by atoms with van der Waals surface area (Å²) in [5, 5.41) is 2.56. The van der Waals surface area contributed by atoms with Crippen LogP contribution in [0.5, 0.6) is 5.75 Å². The van der Waals surface area contributed by atoms with Gasteiger partial charge in [0, 0.05) is 0 Å². The van der Waals surface area contributed by atoms with Gasteiger partial charge in [-0.15, -0.1) is 0 Å². The number of para-hydroxylation sites is 1. The van der Waals surface area contributed by atoms with Crippen molar-refractivity contribution >= 4 is 33.2 Å². The Morgan fingerprint density at radius 1 is 1.30 bits per heavy atom. The van der Waals surface area contributed by atoms with Crippen LogP contribution >= 0.6 is 15.9 Å². The second kappa shape index (κ2) is 6.38. The van der Waals surface area contributed by atoms with Gasteiger partial charge in [0.2, 0.25) is 0 Å². The lowest BCUT2D eigenvalue weighted by molar-refractivity contribution is -0.118. The van der Waals surface area contributed by atoms with Crippen LogP contribution in [0, 0.1) is 5.82 Å². The molecule has 2 aromatic rings. The average molecular weight is 339 g/mol. The van der Waals surface area contributed by atoms with Crippen molar-refractivity contribution in [3.63, 3.8) is 0 Å². The highest BCUT2D eigenvalue weighted by molar-refractivity contribution is 9.10. The van der Waals surface area contributed by atoms with Crippen LogP contribution in [0.3, 0.4) is 0 Å². The van der Waals surface area contributed by atoms with Gasteiger partial charge < -0.3 is 15.8 Å². The highest BCUT2D eigenvalue weighted by atomic mass is 79.9. The molecule has 0 saturated carbocycles. The molecule has 104 valence electrons. The number of nitrogens with one attached hydrogen (secondary N) is 1. The number of nitrogen functional groups attached to an aromatic ring is 1. The Labute approximate surface area is 123 Å². The van der Waals surface area contributed by atoms with Crippen LogP contribution in [0.1, 0.15) is 0 Å². The van der Waals surface area contributed by atoms with Gasteiger partial charge >= 0.3 is 0 Å². The van der Waals surface area contributed by atoms with Gasteiger partial charge in [-0.3, -0.25) is 4.79 Å². The van der Waals surface area contributed by atoms with Gasteiger partial charge in [-0.1, -0.05) is 12.1 Å². The summed E-state index contributed by atoms with van der Waals surface area (Å²) in [7, 11) is 0. The van der Waals surface area contributed by atoms with E-state index in [0.29, 0.717) is 11.4 Å². The van der Waals surface area contributed by atoms with Crippen LogP contribution in [0.15, 0.2) is 46.9 Å². The highest BCUT2D eigenvalue weighted by Crippen LogP contribution is 2.24. The number of hydrogen-bond donors (Lipinski definition) is 2. The molecule has 20 heavy (non-hydrogen) atoms. The summed E-state index contributed by atoms with van der Waals surface area (Å²) >= 11 is 3.31. The van der Waals surface area contributed by atoms with Crippen molar-refractivity contribution < 1.29 is 13.9 Å². The van der Waals surface area contributed by atoms with Gasteiger partial charge in [0.15, 0.2) is 6.61 Å². The first-order valence-electron chi connectivity index (χ1n) is 5.78. The van der Waals surface area contributed by atoms with E-state index in [1.54, 1.807) is 12.1 Å². The minimum atomic E-state index is -0.454. The largest absolute Gasteiger partial charge is 0.483 e. The van der Waals surface area contributed by atoms with Crippen LogP contribution < -0.4 is 15.8 Å². The quantitative estimate of drug-likeness (QED) is 0.841. The van der Waals surface area contributed by atoms with Crippen LogP contribution in [0.4, 0.5) is 15.8 Å². The van der Waals surface area contributed by atoms with Crippen LogP contribution in [-0.4, -0.2) is 12.5 Å². The smallest absolute Gasteiger partial charge is 0.262 e. The van der Waals surface area contributed by atoms with E-state index < -0.39 is 5.82 Å². The molecule has 0 fully saturated rings. The van der Waals surface area contributed by atoms with Crippen molar-refractivity contribution in [3.8, 4) is 5.75 Å². The van der Waals surface area contributed by atoms with Gasteiger partial charge in [-0.2, -0.15) is 0 Å². The van der Waals surface area contributed by atoms with Crippen LogP contribution in [0.2, 0.25) is 0 Å². The molecule has 0 aliphatic carbocycles. The summed E-state index contributed by atoms with van der Waals surface area (Å²) in [5.41, 5.74) is 6.12.